The summed E-state index contributed by atoms with van der Waals surface area (Å²) < 4.78 is 44.9. The Morgan fingerprint density at radius 3 is 1.58 bits per heavy atom. The van der Waals surface area contributed by atoms with Crippen LogP contribution in [0.1, 0.15) is 5.56 Å². The van der Waals surface area contributed by atoms with Crippen LogP contribution in [0.4, 0.5) is 0 Å². The predicted molar refractivity (Wildman–Crippen MR) is 87.6 cm³/mol. The number of benzene rings is 1. The Hall–Kier alpha value is -1.07. The van der Waals surface area contributed by atoms with Crippen molar-refractivity contribution in [3.05, 3.63) is 29.8 Å². The molecule has 0 aliphatic heterocycles. The average molecular weight is 366 g/mol. The Bertz CT molecular complexity index is 508. The standard InChI is InChI=1S/C8H18O5.C7H8O3S/c9-1-3-11-5-7-13-8-6-12-4-2-10;1-6-4-2-3-5-7(6)11(8,9)10/h9-10H,1-8H2;2-5H,1H3,(H,8,9,10). The van der Waals surface area contributed by atoms with Crippen molar-refractivity contribution < 1.29 is 37.4 Å². The first-order valence-corrected chi connectivity index (χ1v) is 8.85. The van der Waals surface area contributed by atoms with Gasteiger partial charge in [-0.2, -0.15) is 8.42 Å². The molecule has 0 aliphatic rings. The fourth-order valence-electron chi connectivity index (χ4n) is 1.52. The Morgan fingerprint density at radius 2 is 1.25 bits per heavy atom. The molecular formula is C15H26O8S. The summed E-state index contributed by atoms with van der Waals surface area (Å²) in [5.74, 6) is 0. The summed E-state index contributed by atoms with van der Waals surface area (Å²) in [6.07, 6.45) is 0. The summed E-state index contributed by atoms with van der Waals surface area (Å²) >= 11 is 0. The van der Waals surface area contributed by atoms with Crippen molar-refractivity contribution in [3.63, 3.8) is 0 Å². The van der Waals surface area contributed by atoms with E-state index in [4.69, 9.17) is 29.0 Å². The van der Waals surface area contributed by atoms with Gasteiger partial charge in [0.15, 0.2) is 0 Å². The zero-order chi connectivity index (χ0) is 18.3. The number of hydrogen-bond acceptors (Lipinski definition) is 7. The Morgan fingerprint density at radius 1 is 0.833 bits per heavy atom. The van der Waals surface area contributed by atoms with E-state index in [9.17, 15) is 8.42 Å². The zero-order valence-electron chi connectivity index (χ0n) is 13.8. The van der Waals surface area contributed by atoms with Gasteiger partial charge in [0.2, 0.25) is 0 Å². The third kappa shape index (κ3) is 12.4. The fraction of sp³-hybridized carbons (Fsp3) is 0.600. The van der Waals surface area contributed by atoms with Gasteiger partial charge in [0.05, 0.1) is 57.8 Å². The summed E-state index contributed by atoms with van der Waals surface area (Å²) in [5, 5.41) is 16.7. The second-order valence-corrected chi connectivity index (χ2v) is 5.91. The first-order valence-electron chi connectivity index (χ1n) is 7.41. The molecule has 24 heavy (non-hydrogen) atoms. The van der Waals surface area contributed by atoms with Gasteiger partial charge in [0.25, 0.3) is 10.1 Å². The molecule has 1 rings (SSSR count). The summed E-state index contributed by atoms with van der Waals surface area (Å²) in [4.78, 5) is -0.0278. The van der Waals surface area contributed by atoms with Crippen LogP contribution < -0.4 is 0 Å². The molecule has 0 amide bonds. The summed E-state index contributed by atoms with van der Waals surface area (Å²) in [6.45, 7) is 4.39. The lowest BCUT2D eigenvalue weighted by Crippen LogP contribution is -2.11. The number of aryl methyl sites for hydroxylation is 1. The fourth-order valence-corrected chi connectivity index (χ4v) is 2.24. The van der Waals surface area contributed by atoms with Gasteiger partial charge >= 0.3 is 0 Å². The molecule has 0 spiro atoms. The molecule has 1 aromatic rings. The smallest absolute Gasteiger partial charge is 0.294 e. The zero-order valence-corrected chi connectivity index (χ0v) is 14.6. The van der Waals surface area contributed by atoms with Crippen molar-refractivity contribution in [2.24, 2.45) is 0 Å². The Kier molecular flexibility index (Phi) is 13.7. The van der Waals surface area contributed by atoms with Gasteiger partial charge in [-0.3, -0.25) is 4.55 Å². The van der Waals surface area contributed by atoms with E-state index >= 15 is 0 Å². The molecule has 0 saturated heterocycles. The lowest BCUT2D eigenvalue weighted by Gasteiger charge is -2.04. The first-order chi connectivity index (χ1) is 11.4. The van der Waals surface area contributed by atoms with Gasteiger partial charge in [-0.1, -0.05) is 18.2 Å². The van der Waals surface area contributed by atoms with Crippen LogP contribution in [0.25, 0.3) is 0 Å². The molecule has 0 aromatic heterocycles. The second-order valence-electron chi connectivity index (χ2n) is 4.52. The maximum atomic E-state index is 10.6. The van der Waals surface area contributed by atoms with Crippen molar-refractivity contribution >= 4 is 10.1 Å². The number of rotatable bonds is 11. The van der Waals surface area contributed by atoms with Gasteiger partial charge in [-0.15, -0.1) is 0 Å². The average Bonchev–Trinajstić information content (AvgIpc) is 2.53. The van der Waals surface area contributed by atoms with E-state index in [2.05, 4.69) is 0 Å². The van der Waals surface area contributed by atoms with Crippen LogP contribution in [0, 0.1) is 6.92 Å². The Balaban J connectivity index is 0.000000446. The SMILES string of the molecule is Cc1ccccc1S(=O)(=O)O.OCCOCCOCCOCCO. The molecule has 0 aliphatic carbocycles. The predicted octanol–water partition coefficient (Wildman–Crippen LogP) is 0.263. The van der Waals surface area contributed by atoms with Crippen LogP contribution in [0.5, 0.6) is 0 Å². The molecule has 3 N–H and O–H groups in total. The van der Waals surface area contributed by atoms with E-state index in [1.54, 1.807) is 25.1 Å². The molecule has 8 nitrogen and oxygen atoms in total. The van der Waals surface area contributed by atoms with Crippen LogP contribution in [0.15, 0.2) is 29.2 Å². The molecule has 0 fully saturated rings. The van der Waals surface area contributed by atoms with Gasteiger partial charge in [0, 0.05) is 0 Å². The van der Waals surface area contributed by atoms with E-state index in [0.717, 1.165) is 0 Å². The van der Waals surface area contributed by atoms with Gasteiger partial charge in [0.1, 0.15) is 0 Å². The molecule has 0 radical (unpaired) electrons. The van der Waals surface area contributed by atoms with E-state index in [1.165, 1.54) is 6.07 Å². The number of aliphatic hydroxyl groups excluding tert-OH is 2. The molecule has 0 bridgehead atoms. The highest BCUT2D eigenvalue weighted by molar-refractivity contribution is 7.85. The lowest BCUT2D eigenvalue weighted by atomic mass is 10.2. The second kappa shape index (κ2) is 14.3. The van der Waals surface area contributed by atoms with Crippen LogP contribution in [0.2, 0.25) is 0 Å². The quantitative estimate of drug-likeness (QED) is 0.377. The van der Waals surface area contributed by atoms with E-state index < -0.39 is 10.1 Å². The largest absolute Gasteiger partial charge is 0.394 e. The van der Waals surface area contributed by atoms with Crippen LogP contribution in [-0.2, 0) is 24.3 Å². The summed E-state index contributed by atoms with van der Waals surface area (Å²) in [6, 6.07) is 6.27. The van der Waals surface area contributed by atoms with E-state index in [1.807, 2.05) is 0 Å². The van der Waals surface area contributed by atoms with Crippen molar-refractivity contribution in [2.75, 3.05) is 52.9 Å². The van der Waals surface area contributed by atoms with Crippen molar-refractivity contribution in [1.29, 1.82) is 0 Å². The molecule has 0 atom stereocenters. The van der Waals surface area contributed by atoms with Crippen LogP contribution in [-0.4, -0.2) is 76.0 Å². The maximum absolute atomic E-state index is 10.6. The summed E-state index contributed by atoms with van der Waals surface area (Å²) in [5.41, 5.74) is 0.551. The van der Waals surface area contributed by atoms with Gasteiger partial charge < -0.3 is 24.4 Å². The molecule has 1 aromatic carbocycles. The summed E-state index contributed by atoms with van der Waals surface area (Å²) in [7, 11) is -4.03. The van der Waals surface area contributed by atoms with Gasteiger partial charge in [-0.05, 0) is 18.6 Å². The molecule has 140 valence electrons. The van der Waals surface area contributed by atoms with Crippen molar-refractivity contribution in [3.8, 4) is 0 Å². The maximum Gasteiger partial charge on any atom is 0.294 e. The Labute approximate surface area is 142 Å². The minimum atomic E-state index is -4.03. The number of aliphatic hydroxyl groups is 2. The van der Waals surface area contributed by atoms with Gasteiger partial charge in [-0.25, -0.2) is 0 Å². The molecule has 0 heterocycles. The molecule has 0 saturated carbocycles. The van der Waals surface area contributed by atoms with Crippen LogP contribution in [0.3, 0.4) is 0 Å². The normalized spacial score (nSPS) is 11.0. The van der Waals surface area contributed by atoms with Crippen molar-refractivity contribution in [1.82, 2.24) is 0 Å². The number of ether oxygens (including phenoxy) is 3. The van der Waals surface area contributed by atoms with Crippen LogP contribution >= 0.6 is 0 Å². The third-order valence-corrected chi connectivity index (χ3v) is 3.60. The highest BCUT2D eigenvalue weighted by Crippen LogP contribution is 2.12. The number of hydrogen-bond donors (Lipinski definition) is 3. The first kappa shape index (κ1) is 22.9. The topological polar surface area (TPSA) is 123 Å². The third-order valence-electron chi connectivity index (χ3n) is 2.59. The monoisotopic (exact) mass is 366 g/mol. The van der Waals surface area contributed by atoms with E-state index in [0.29, 0.717) is 45.2 Å². The highest BCUT2D eigenvalue weighted by atomic mass is 32.2. The molecular weight excluding hydrogens is 340 g/mol. The van der Waals surface area contributed by atoms with E-state index in [-0.39, 0.29) is 18.1 Å². The highest BCUT2D eigenvalue weighted by Gasteiger charge is 2.10. The molecule has 0 unspecified atom stereocenters. The lowest BCUT2D eigenvalue weighted by molar-refractivity contribution is 0.00230. The molecule has 9 heteroatoms. The minimum absolute atomic E-state index is 0.0278. The minimum Gasteiger partial charge on any atom is -0.394 e. The van der Waals surface area contributed by atoms with Crippen molar-refractivity contribution in [2.45, 2.75) is 11.8 Å².